The highest BCUT2D eigenvalue weighted by Crippen LogP contribution is 2.62. The molecule has 5 unspecified atom stereocenters. The Balaban J connectivity index is 1.31. The quantitative estimate of drug-likeness (QED) is 0.656. The topological polar surface area (TPSA) is 49.8 Å². The van der Waals surface area contributed by atoms with Crippen LogP contribution in [0.5, 0.6) is 5.75 Å². The van der Waals surface area contributed by atoms with E-state index >= 15 is 0 Å². The first-order chi connectivity index (χ1) is 13.2. The Morgan fingerprint density at radius 3 is 2.79 bits per heavy atom. The summed E-state index contributed by atoms with van der Waals surface area (Å²) in [4.78, 5) is 14.8. The number of aliphatic hydroxyl groups is 1. The number of ether oxygens (including phenoxy) is 1. The molecule has 1 aromatic carbocycles. The zero-order valence-corrected chi connectivity index (χ0v) is 18.1. The first kappa shape index (κ1) is 20.3. The largest absolute Gasteiger partial charge is 0.492 e. The standard InChI is InChI=1S/C22H29Cl2NO3/c1-21-10-14-8-15(12-22(27,11-14)13-21)20(21)25(2)19(26)4-3-7-28-18-6-5-16(23)9-17(18)24/h5-6,9,14-15,20,27H,3-4,7-8,10-13H2,1-2H3. The smallest absolute Gasteiger partial charge is 0.222 e. The van der Waals surface area contributed by atoms with Crippen molar-refractivity contribution >= 4 is 29.1 Å². The Labute approximate surface area is 177 Å². The highest BCUT2D eigenvalue weighted by Gasteiger charge is 2.61. The van der Waals surface area contributed by atoms with Gasteiger partial charge in [0.25, 0.3) is 0 Å². The van der Waals surface area contributed by atoms with Crippen LogP contribution in [0.1, 0.15) is 51.9 Å². The van der Waals surface area contributed by atoms with Gasteiger partial charge in [-0.05, 0) is 74.0 Å². The molecule has 4 fully saturated rings. The molecule has 1 aromatic rings. The Hall–Kier alpha value is -0.970. The van der Waals surface area contributed by atoms with Crippen molar-refractivity contribution in [2.75, 3.05) is 13.7 Å². The van der Waals surface area contributed by atoms with Gasteiger partial charge in [0.2, 0.25) is 5.91 Å². The lowest BCUT2D eigenvalue weighted by Gasteiger charge is -2.64. The molecule has 154 valence electrons. The average molecular weight is 426 g/mol. The predicted molar refractivity (Wildman–Crippen MR) is 111 cm³/mol. The summed E-state index contributed by atoms with van der Waals surface area (Å²) in [7, 11) is 1.95. The van der Waals surface area contributed by atoms with Gasteiger partial charge < -0.3 is 14.7 Å². The minimum absolute atomic E-state index is 0.0383. The third-order valence-electron chi connectivity index (χ3n) is 7.09. The van der Waals surface area contributed by atoms with Crippen LogP contribution in [0.4, 0.5) is 0 Å². The Kier molecular flexibility index (Phi) is 5.35. The van der Waals surface area contributed by atoms with Crippen molar-refractivity contribution in [3.63, 3.8) is 0 Å². The van der Waals surface area contributed by atoms with E-state index < -0.39 is 5.60 Å². The van der Waals surface area contributed by atoms with E-state index in [4.69, 9.17) is 27.9 Å². The Morgan fingerprint density at radius 1 is 1.32 bits per heavy atom. The molecule has 4 nitrogen and oxygen atoms in total. The molecule has 0 heterocycles. The molecule has 6 heteroatoms. The maximum absolute atomic E-state index is 12.9. The number of carbonyl (C=O) groups is 1. The van der Waals surface area contributed by atoms with E-state index in [0.29, 0.717) is 47.1 Å². The number of halogens is 2. The molecular weight excluding hydrogens is 397 g/mol. The summed E-state index contributed by atoms with van der Waals surface area (Å²) < 4.78 is 5.70. The molecule has 0 aromatic heterocycles. The van der Waals surface area contributed by atoms with Gasteiger partial charge in [0, 0.05) is 24.5 Å². The lowest BCUT2D eigenvalue weighted by Crippen LogP contribution is -2.66. The highest BCUT2D eigenvalue weighted by atomic mass is 35.5. The lowest BCUT2D eigenvalue weighted by molar-refractivity contribution is -0.197. The average Bonchev–Trinajstić information content (AvgIpc) is 2.57. The van der Waals surface area contributed by atoms with Gasteiger partial charge >= 0.3 is 0 Å². The van der Waals surface area contributed by atoms with E-state index in [0.717, 1.165) is 32.1 Å². The van der Waals surface area contributed by atoms with Crippen molar-refractivity contribution in [2.24, 2.45) is 17.3 Å². The third-order valence-corrected chi connectivity index (χ3v) is 7.62. The van der Waals surface area contributed by atoms with Gasteiger partial charge in [-0.25, -0.2) is 0 Å². The number of amides is 1. The van der Waals surface area contributed by atoms with Crippen LogP contribution in [-0.2, 0) is 4.79 Å². The maximum atomic E-state index is 12.9. The minimum atomic E-state index is -0.493. The molecule has 0 aliphatic heterocycles. The molecule has 1 N–H and O–H groups in total. The van der Waals surface area contributed by atoms with Crippen LogP contribution in [0, 0.1) is 17.3 Å². The summed E-state index contributed by atoms with van der Waals surface area (Å²) in [5, 5.41) is 11.9. The summed E-state index contributed by atoms with van der Waals surface area (Å²) in [6.07, 6.45) is 6.00. The molecule has 28 heavy (non-hydrogen) atoms. The monoisotopic (exact) mass is 425 g/mol. The van der Waals surface area contributed by atoms with Crippen LogP contribution in [0.25, 0.3) is 0 Å². The normalized spacial score (nSPS) is 35.8. The number of hydrogen-bond acceptors (Lipinski definition) is 3. The second kappa shape index (κ2) is 7.37. The summed E-state index contributed by atoms with van der Waals surface area (Å²) in [6, 6.07) is 5.38. The van der Waals surface area contributed by atoms with Crippen LogP contribution in [-0.4, -0.2) is 41.2 Å². The summed E-state index contributed by atoms with van der Waals surface area (Å²) in [5.74, 6) is 1.80. The van der Waals surface area contributed by atoms with E-state index in [1.54, 1.807) is 18.2 Å². The zero-order valence-electron chi connectivity index (χ0n) is 16.6. The number of nitrogens with zero attached hydrogens (tertiary/aromatic N) is 1. The van der Waals surface area contributed by atoms with Gasteiger partial charge in [-0.1, -0.05) is 30.1 Å². The number of rotatable bonds is 6. The number of benzene rings is 1. The lowest BCUT2D eigenvalue weighted by atomic mass is 9.46. The van der Waals surface area contributed by atoms with Gasteiger partial charge in [-0.2, -0.15) is 0 Å². The van der Waals surface area contributed by atoms with E-state index in [1.165, 1.54) is 0 Å². The zero-order chi connectivity index (χ0) is 20.1. The van der Waals surface area contributed by atoms with Crippen molar-refractivity contribution in [1.29, 1.82) is 0 Å². The van der Waals surface area contributed by atoms with Crippen LogP contribution in [0.3, 0.4) is 0 Å². The Bertz CT molecular complexity index is 772. The van der Waals surface area contributed by atoms with E-state index in [-0.39, 0.29) is 17.4 Å². The minimum Gasteiger partial charge on any atom is -0.492 e. The number of carbonyl (C=O) groups excluding carboxylic acids is 1. The first-order valence-electron chi connectivity index (χ1n) is 10.3. The number of hydrogen-bond donors (Lipinski definition) is 1. The summed E-state index contributed by atoms with van der Waals surface area (Å²) in [5.41, 5.74) is -0.455. The molecule has 4 aliphatic rings. The van der Waals surface area contributed by atoms with E-state index in [9.17, 15) is 9.90 Å². The van der Waals surface area contributed by atoms with Crippen molar-refractivity contribution in [3.05, 3.63) is 28.2 Å². The van der Waals surface area contributed by atoms with Crippen molar-refractivity contribution in [2.45, 2.75) is 63.5 Å². The molecule has 0 radical (unpaired) electrons. The second-order valence-corrected chi connectivity index (χ2v) is 10.3. The molecule has 4 saturated carbocycles. The maximum Gasteiger partial charge on any atom is 0.222 e. The van der Waals surface area contributed by atoms with Gasteiger partial charge in [-0.3, -0.25) is 4.79 Å². The fraction of sp³-hybridized carbons (Fsp3) is 0.682. The molecular formula is C22H29Cl2NO3. The van der Waals surface area contributed by atoms with Gasteiger partial charge in [0.1, 0.15) is 5.75 Å². The second-order valence-electron chi connectivity index (χ2n) is 9.51. The SMILES string of the molecule is CN(C(=O)CCCOc1ccc(Cl)cc1Cl)C1C2CC3CC(O)(C2)CC1(C)C3. The van der Waals surface area contributed by atoms with E-state index in [2.05, 4.69) is 6.92 Å². The fourth-order valence-electron chi connectivity index (χ4n) is 6.63. The van der Waals surface area contributed by atoms with Crippen LogP contribution < -0.4 is 4.74 Å². The predicted octanol–water partition coefficient (Wildman–Crippen LogP) is 4.94. The fourth-order valence-corrected chi connectivity index (χ4v) is 7.10. The molecule has 5 atom stereocenters. The first-order valence-corrected chi connectivity index (χ1v) is 11.0. The van der Waals surface area contributed by atoms with Crippen LogP contribution in [0.15, 0.2) is 18.2 Å². The molecule has 5 rings (SSSR count). The summed E-state index contributed by atoms with van der Waals surface area (Å²) >= 11 is 12.0. The molecule has 1 amide bonds. The molecule has 0 spiro atoms. The van der Waals surface area contributed by atoms with Gasteiger partial charge in [0.05, 0.1) is 17.2 Å². The third kappa shape index (κ3) is 3.76. The van der Waals surface area contributed by atoms with Crippen LogP contribution >= 0.6 is 23.2 Å². The van der Waals surface area contributed by atoms with Crippen molar-refractivity contribution < 1.29 is 14.6 Å². The highest BCUT2D eigenvalue weighted by molar-refractivity contribution is 6.35. The Morgan fingerprint density at radius 2 is 2.11 bits per heavy atom. The van der Waals surface area contributed by atoms with Gasteiger partial charge in [-0.15, -0.1) is 0 Å². The molecule has 0 saturated heterocycles. The van der Waals surface area contributed by atoms with Crippen molar-refractivity contribution in [3.8, 4) is 5.75 Å². The van der Waals surface area contributed by atoms with Crippen LogP contribution in [0.2, 0.25) is 10.0 Å². The van der Waals surface area contributed by atoms with Crippen molar-refractivity contribution in [1.82, 2.24) is 4.90 Å². The van der Waals surface area contributed by atoms with Gasteiger partial charge in [0.15, 0.2) is 0 Å². The molecule has 4 aliphatic carbocycles. The summed E-state index contributed by atoms with van der Waals surface area (Å²) in [6.45, 7) is 2.71. The molecule has 4 bridgehead atoms. The van der Waals surface area contributed by atoms with E-state index in [1.807, 2.05) is 11.9 Å².